The first-order chi connectivity index (χ1) is 12.8. The van der Waals surface area contributed by atoms with Gasteiger partial charge in [-0.15, -0.1) is 0 Å². The van der Waals surface area contributed by atoms with Crippen LogP contribution in [-0.2, 0) is 4.79 Å². The summed E-state index contributed by atoms with van der Waals surface area (Å²) in [7, 11) is 0. The van der Waals surface area contributed by atoms with Crippen molar-refractivity contribution in [1.82, 2.24) is 9.80 Å². The van der Waals surface area contributed by atoms with Gasteiger partial charge in [0.1, 0.15) is 5.75 Å². The summed E-state index contributed by atoms with van der Waals surface area (Å²) < 4.78 is 5.49. The fraction of sp³-hybridized carbons (Fsp3) is 0.600. The second-order valence-corrected chi connectivity index (χ2v) is 8.20. The van der Waals surface area contributed by atoms with Gasteiger partial charge >= 0.3 is 6.09 Å². The third-order valence-electron chi connectivity index (χ3n) is 5.30. The number of carboxylic acid groups (broad SMARTS) is 1. The molecule has 0 bridgehead atoms. The monoisotopic (exact) mass is 375 g/mol. The molecule has 0 unspecified atom stereocenters. The van der Waals surface area contributed by atoms with Gasteiger partial charge in [-0.2, -0.15) is 0 Å². The van der Waals surface area contributed by atoms with Gasteiger partial charge in [0, 0.05) is 37.8 Å². The highest BCUT2D eigenvalue weighted by Crippen LogP contribution is 2.31. The Morgan fingerprint density at radius 2 is 1.89 bits per heavy atom. The van der Waals surface area contributed by atoms with Crippen molar-refractivity contribution in [2.75, 3.05) is 37.7 Å². The fourth-order valence-electron chi connectivity index (χ4n) is 4.03. The molecule has 1 fully saturated rings. The zero-order chi connectivity index (χ0) is 19.6. The molecule has 1 N–H and O–H groups in total. The summed E-state index contributed by atoms with van der Waals surface area (Å²) in [5, 5.41) is 9.58. The molecule has 0 aromatic heterocycles. The standard InChI is InChI=1S/C20H29N3O4/c1-20(2,3)23(19(25)26)15-8-10-21(11-9-15)12-13-22-16-6-4-5-7-17(16)27-14-18(22)24/h4-7,15H,8-14H2,1-3H3,(H,25,26). The Morgan fingerprint density at radius 1 is 1.22 bits per heavy atom. The molecular weight excluding hydrogens is 346 g/mol. The average Bonchev–Trinajstić information content (AvgIpc) is 2.60. The molecule has 2 heterocycles. The van der Waals surface area contributed by atoms with E-state index in [2.05, 4.69) is 4.90 Å². The van der Waals surface area contributed by atoms with E-state index in [1.165, 1.54) is 0 Å². The van der Waals surface area contributed by atoms with Gasteiger partial charge in [-0.05, 0) is 45.7 Å². The number of carbonyl (C=O) groups is 2. The van der Waals surface area contributed by atoms with Crippen LogP contribution < -0.4 is 9.64 Å². The number of nitrogens with zero attached hydrogens (tertiary/aromatic N) is 3. The summed E-state index contributed by atoms with van der Waals surface area (Å²) in [6.07, 6.45) is 0.783. The molecule has 1 saturated heterocycles. The number of likely N-dealkylation sites (tertiary alicyclic amines) is 1. The third kappa shape index (κ3) is 4.35. The quantitative estimate of drug-likeness (QED) is 0.876. The molecular formula is C20H29N3O4. The molecule has 0 saturated carbocycles. The second kappa shape index (κ2) is 7.76. The van der Waals surface area contributed by atoms with Crippen LogP contribution in [0.2, 0.25) is 0 Å². The number of ether oxygens (including phenoxy) is 1. The van der Waals surface area contributed by atoms with E-state index in [9.17, 15) is 14.7 Å². The van der Waals surface area contributed by atoms with Crippen molar-refractivity contribution in [2.24, 2.45) is 0 Å². The highest BCUT2D eigenvalue weighted by Gasteiger charge is 2.35. The first-order valence-corrected chi connectivity index (χ1v) is 9.54. The first kappa shape index (κ1) is 19.5. The van der Waals surface area contributed by atoms with Gasteiger partial charge in [-0.1, -0.05) is 12.1 Å². The Morgan fingerprint density at radius 3 is 2.52 bits per heavy atom. The van der Waals surface area contributed by atoms with Crippen molar-refractivity contribution < 1.29 is 19.4 Å². The van der Waals surface area contributed by atoms with E-state index in [0.29, 0.717) is 6.54 Å². The fourth-order valence-corrected chi connectivity index (χ4v) is 4.03. The molecule has 3 rings (SSSR count). The van der Waals surface area contributed by atoms with Gasteiger partial charge in [0.05, 0.1) is 5.69 Å². The number of hydrogen-bond donors (Lipinski definition) is 1. The van der Waals surface area contributed by atoms with Crippen LogP contribution in [0, 0.1) is 0 Å². The van der Waals surface area contributed by atoms with Crippen LogP contribution in [-0.4, -0.2) is 71.3 Å². The van der Waals surface area contributed by atoms with Crippen molar-refractivity contribution in [3.63, 3.8) is 0 Å². The topological polar surface area (TPSA) is 73.3 Å². The molecule has 0 aliphatic carbocycles. The molecule has 7 nitrogen and oxygen atoms in total. The zero-order valence-corrected chi connectivity index (χ0v) is 16.4. The first-order valence-electron chi connectivity index (χ1n) is 9.54. The highest BCUT2D eigenvalue weighted by molar-refractivity contribution is 5.97. The maximum Gasteiger partial charge on any atom is 0.407 e. The number of para-hydroxylation sites is 2. The van der Waals surface area contributed by atoms with E-state index >= 15 is 0 Å². The predicted octanol–water partition coefficient (Wildman–Crippen LogP) is 2.65. The van der Waals surface area contributed by atoms with E-state index in [4.69, 9.17) is 4.74 Å². The minimum Gasteiger partial charge on any atom is -0.482 e. The van der Waals surface area contributed by atoms with Gasteiger partial charge in [0.25, 0.3) is 5.91 Å². The van der Waals surface area contributed by atoms with Gasteiger partial charge in [-0.25, -0.2) is 4.79 Å². The lowest BCUT2D eigenvalue weighted by molar-refractivity contribution is -0.121. The molecule has 2 amide bonds. The Hall–Kier alpha value is -2.28. The maximum atomic E-state index is 12.3. The lowest BCUT2D eigenvalue weighted by Crippen LogP contribution is -2.55. The van der Waals surface area contributed by atoms with E-state index in [1.807, 2.05) is 45.0 Å². The number of carbonyl (C=O) groups excluding carboxylic acids is 1. The van der Waals surface area contributed by atoms with Crippen LogP contribution in [0.5, 0.6) is 5.75 Å². The van der Waals surface area contributed by atoms with E-state index in [1.54, 1.807) is 9.80 Å². The third-order valence-corrected chi connectivity index (χ3v) is 5.30. The number of fused-ring (bicyclic) bond motifs is 1. The van der Waals surface area contributed by atoms with Crippen LogP contribution in [0.4, 0.5) is 10.5 Å². The van der Waals surface area contributed by atoms with Crippen molar-refractivity contribution in [1.29, 1.82) is 0 Å². The lowest BCUT2D eigenvalue weighted by atomic mass is 9.97. The van der Waals surface area contributed by atoms with Crippen molar-refractivity contribution in [3.8, 4) is 5.75 Å². The number of benzene rings is 1. The molecule has 0 spiro atoms. The van der Waals surface area contributed by atoms with Crippen LogP contribution >= 0.6 is 0 Å². The number of piperidine rings is 1. The number of anilines is 1. The molecule has 2 aliphatic heterocycles. The summed E-state index contributed by atoms with van der Waals surface area (Å²) in [6.45, 7) is 8.97. The predicted molar refractivity (Wildman–Crippen MR) is 103 cm³/mol. The average molecular weight is 375 g/mol. The van der Waals surface area contributed by atoms with E-state index in [0.717, 1.165) is 43.9 Å². The van der Waals surface area contributed by atoms with Crippen LogP contribution in [0.25, 0.3) is 0 Å². The Kier molecular flexibility index (Phi) is 5.60. The molecule has 0 radical (unpaired) electrons. The summed E-state index contributed by atoms with van der Waals surface area (Å²) in [5.41, 5.74) is 0.427. The largest absolute Gasteiger partial charge is 0.482 e. The second-order valence-electron chi connectivity index (χ2n) is 8.20. The van der Waals surface area contributed by atoms with Gasteiger partial charge in [-0.3, -0.25) is 4.79 Å². The summed E-state index contributed by atoms with van der Waals surface area (Å²) in [6, 6.07) is 7.65. The molecule has 27 heavy (non-hydrogen) atoms. The number of rotatable bonds is 4. The molecule has 2 aliphatic rings. The smallest absolute Gasteiger partial charge is 0.407 e. The Bertz CT molecular complexity index is 693. The van der Waals surface area contributed by atoms with Gasteiger partial charge in [0.2, 0.25) is 0 Å². The van der Waals surface area contributed by atoms with Crippen LogP contribution in [0.1, 0.15) is 33.6 Å². The van der Waals surface area contributed by atoms with Crippen molar-refractivity contribution in [3.05, 3.63) is 24.3 Å². The molecule has 1 aromatic carbocycles. The minimum absolute atomic E-state index is 0.0200. The maximum absolute atomic E-state index is 12.3. The number of hydrogen-bond acceptors (Lipinski definition) is 4. The molecule has 0 atom stereocenters. The van der Waals surface area contributed by atoms with E-state index in [-0.39, 0.29) is 18.6 Å². The lowest BCUT2D eigenvalue weighted by Gasteiger charge is -2.43. The zero-order valence-electron chi connectivity index (χ0n) is 16.4. The van der Waals surface area contributed by atoms with Crippen molar-refractivity contribution >= 4 is 17.7 Å². The molecule has 1 aromatic rings. The van der Waals surface area contributed by atoms with Crippen LogP contribution in [0.3, 0.4) is 0 Å². The Balaban J connectivity index is 1.56. The minimum atomic E-state index is -0.850. The van der Waals surface area contributed by atoms with Gasteiger partial charge < -0.3 is 24.5 Å². The van der Waals surface area contributed by atoms with Crippen molar-refractivity contribution in [2.45, 2.75) is 45.2 Å². The van der Waals surface area contributed by atoms with Crippen LogP contribution in [0.15, 0.2) is 24.3 Å². The summed E-state index contributed by atoms with van der Waals surface area (Å²) >= 11 is 0. The van der Waals surface area contributed by atoms with E-state index < -0.39 is 11.6 Å². The summed E-state index contributed by atoms with van der Waals surface area (Å²) in [4.78, 5) is 29.6. The normalized spacial score (nSPS) is 18.8. The Labute approximate surface area is 160 Å². The highest BCUT2D eigenvalue weighted by atomic mass is 16.5. The molecule has 7 heteroatoms. The van der Waals surface area contributed by atoms with Gasteiger partial charge in [0.15, 0.2) is 6.61 Å². The summed E-state index contributed by atoms with van der Waals surface area (Å²) in [5.74, 6) is 0.728. The number of amides is 2. The molecule has 148 valence electrons. The SMILES string of the molecule is CC(C)(C)N(C(=O)O)C1CCN(CCN2C(=O)COc3ccccc32)CC1.